The van der Waals surface area contributed by atoms with Crippen LogP contribution < -0.4 is 0 Å². The number of para-hydroxylation sites is 1. The number of fused-ring (bicyclic) bond motifs is 1. The molecular weight excluding hydrogens is 321 g/mol. The van der Waals surface area contributed by atoms with Crippen LogP contribution in [0.15, 0.2) is 30.5 Å². The highest BCUT2D eigenvalue weighted by molar-refractivity contribution is 6.00. The number of pyridine rings is 1. The van der Waals surface area contributed by atoms with Crippen molar-refractivity contribution in [3.8, 4) is 0 Å². The van der Waals surface area contributed by atoms with E-state index in [0.29, 0.717) is 25.9 Å². The molecule has 0 radical (unpaired) electrons. The maximum absolute atomic E-state index is 13.6. The van der Waals surface area contributed by atoms with E-state index in [9.17, 15) is 18.0 Å². The molecule has 1 aliphatic heterocycles. The maximum Gasteiger partial charge on any atom is 0.417 e. The Balaban J connectivity index is 2.01. The average Bonchev–Trinajstić information content (AvgIpc) is 2.59. The smallest absolute Gasteiger partial charge is 0.381 e. The van der Waals surface area contributed by atoms with Gasteiger partial charge in [-0.05, 0) is 18.9 Å². The minimum atomic E-state index is -4.63. The lowest BCUT2D eigenvalue weighted by Crippen LogP contribution is -2.41. The van der Waals surface area contributed by atoms with Crippen LogP contribution in [-0.4, -0.2) is 42.1 Å². The molecule has 0 unspecified atom stereocenters. The fourth-order valence-corrected chi connectivity index (χ4v) is 3.07. The first-order valence-corrected chi connectivity index (χ1v) is 7.69. The summed E-state index contributed by atoms with van der Waals surface area (Å²) in [5.74, 6) is -0.630. The molecule has 0 aliphatic carbocycles. The largest absolute Gasteiger partial charge is 0.417 e. The van der Waals surface area contributed by atoms with Crippen LogP contribution in [0, 0.1) is 0 Å². The van der Waals surface area contributed by atoms with E-state index in [-0.39, 0.29) is 17.0 Å². The molecule has 3 rings (SSSR count). The van der Waals surface area contributed by atoms with Crippen LogP contribution in [-0.2, 0) is 10.9 Å². The van der Waals surface area contributed by atoms with Crippen LogP contribution in [0.4, 0.5) is 13.2 Å². The second kappa shape index (κ2) is 6.39. The zero-order chi connectivity index (χ0) is 17.3. The number of halogens is 3. The van der Waals surface area contributed by atoms with Crippen molar-refractivity contribution in [2.24, 2.45) is 0 Å². The standard InChI is InChI=1S/C17H17F3N2O2/c1-24-11-6-8-22(9-7-11)16(23)13-10-21-14-5-3-2-4-12(14)15(13)17(18,19)20/h2-5,10-11H,6-9H2,1H3. The maximum atomic E-state index is 13.6. The predicted octanol–water partition coefficient (Wildman–Crippen LogP) is 3.50. The first kappa shape index (κ1) is 16.7. The van der Waals surface area contributed by atoms with Gasteiger partial charge in [0.2, 0.25) is 0 Å². The molecule has 7 heteroatoms. The Labute approximate surface area is 137 Å². The molecule has 0 N–H and O–H groups in total. The number of carbonyl (C=O) groups is 1. The Morgan fingerprint density at radius 2 is 1.92 bits per heavy atom. The van der Waals surface area contributed by atoms with Crippen LogP contribution in [0.3, 0.4) is 0 Å². The SMILES string of the molecule is COC1CCN(C(=O)c2cnc3ccccc3c2C(F)(F)F)CC1. The molecule has 1 saturated heterocycles. The van der Waals surface area contributed by atoms with Gasteiger partial charge in [-0.25, -0.2) is 0 Å². The van der Waals surface area contributed by atoms with Gasteiger partial charge in [0.15, 0.2) is 0 Å². The van der Waals surface area contributed by atoms with Crippen molar-refractivity contribution in [2.75, 3.05) is 20.2 Å². The van der Waals surface area contributed by atoms with Gasteiger partial charge in [0.25, 0.3) is 5.91 Å². The number of hydrogen-bond donors (Lipinski definition) is 0. The van der Waals surface area contributed by atoms with Crippen molar-refractivity contribution in [2.45, 2.75) is 25.1 Å². The molecule has 0 spiro atoms. The van der Waals surface area contributed by atoms with Crippen LogP contribution in [0.25, 0.3) is 10.9 Å². The number of alkyl halides is 3. The van der Waals surface area contributed by atoms with Crippen molar-refractivity contribution in [1.82, 2.24) is 9.88 Å². The summed E-state index contributed by atoms with van der Waals surface area (Å²) in [6, 6.07) is 5.98. The molecule has 0 atom stereocenters. The number of ether oxygens (including phenoxy) is 1. The summed E-state index contributed by atoms with van der Waals surface area (Å²) in [6.07, 6.45) is -2.31. The minimum absolute atomic E-state index is 0.0471. The second-order valence-electron chi connectivity index (χ2n) is 5.79. The van der Waals surface area contributed by atoms with E-state index >= 15 is 0 Å². The van der Waals surface area contributed by atoms with Gasteiger partial charge in [0.1, 0.15) is 0 Å². The van der Waals surface area contributed by atoms with Crippen molar-refractivity contribution in [1.29, 1.82) is 0 Å². The number of nitrogens with zero attached hydrogens (tertiary/aromatic N) is 2. The molecule has 1 aromatic carbocycles. The fraction of sp³-hybridized carbons (Fsp3) is 0.412. The molecule has 4 nitrogen and oxygen atoms in total. The van der Waals surface area contributed by atoms with Gasteiger partial charge < -0.3 is 9.64 Å². The Hall–Kier alpha value is -2.15. The Morgan fingerprint density at radius 3 is 2.54 bits per heavy atom. The van der Waals surface area contributed by atoms with Crippen molar-refractivity contribution in [3.05, 3.63) is 41.6 Å². The molecule has 1 aliphatic rings. The Morgan fingerprint density at radius 1 is 1.25 bits per heavy atom. The van der Waals surface area contributed by atoms with Gasteiger partial charge in [0.05, 0.1) is 22.7 Å². The first-order chi connectivity index (χ1) is 11.4. The highest BCUT2D eigenvalue weighted by atomic mass is 19.4. The number of benzene rings is 1. The number of piperidine rings is 1. The summed E-state index contributed by atoms with van der Waals surface area (Å²) < 4.78 is 46.0. The van der Waals surface area contributed by atoms with Gasteiger partial charge in [0, 0.05) is 31.8 Å². The monoisotopic (exact) mass is 338 g/mol. The molecule has 2 aromatic rings. The molecule has 24 heavy (non-hydrogen) atoms. The number of methoxy groups -OCH3 is 1. The van der Waals surface area contributed by atoms with E-state index < -0.39 is 23.2 Å². The molecule has 1 aromatic heterocycles. The van der Waals surface area contributed by atoms with Gasteiger partial charge in [-0.3, -0.25) is 9.78 Å². The summed E-state index contributed by atoms with van der Waals surface area (Å²) in [7, 11) is 1.59. The summed E-state index contributed by atoms with van der Waals surface area (Å²) in [6.45, 7) is 0.753. The van der Waals surface area contributed by atoms with E-state index in [1.807, 2.05) is 0 Å². The first-order valence-electron chi connectivity index (χ1n) is 7.69. The summed E-state index contributed by atoms with van der Waals surface area (Å²) in [5, 5.41) is -0.0531. The van der Waals surface area contributed by atoms with E-state index in [1.54, 1.807) is 13.2 Å². The lowest BCUT2D eigenvalue weighted by Gasteiger charge is -2.31. The van der Waals surface area contributed by atoms with Crippen LogP contribution >= 0.6 is 0 Å². The van der Waals surface area contributed by atoms with Gasteiger partial charge in [-0.1, -0.05) is 18.2 Å². The molecule has 128 valence electrons. The van der Waals surface area contributed by atoms with Gasteiger partial charge in [-0.2, -0.15) is 13.2 Å². The Bertz CT molecular complexity index is 753. The van der Waals surface area contributed by atoms with Crippen LogP contribution in [0.2, 0.25) is 0 Å². The molecular formula is C17H17F3N2O2. The third-order valence-corrected chi connectivity index (χ3v) is 4.35. The lowest BCUT2D eigenvalue weighted by atomic mass is 10.0. The summed E-state index contributed by atoms with van der Waals surface area (Å²) >= 11 is 0. The number of carbonyl (C=O) groups excluding carboxylic acids is 1. The minimum Gasteiger partial charge on any atom is -0.381 e. The van der Waals surface area contributed by atoms with E-state index in [0.717, 1.165) is 6.20 Å². The average molecular weight is 338 g/mol. The van der Waals surface area contributed by atoms with Crippen molar-refractivity contribution < 1.29 is 22.7 Å². The summed E-state index contributed by atoms with van der Waals surface area (Å²) in [4.78, 5) is 18.1. The van der Waals surface area contributed by atoms with E-state index in [2.05, 4.69) is 4.98 Å². The molecule has 0 saturated carbocycles. The zero-order valence-electron chi connectivity index (χ0n) is 13.1. The quantitative estimate of drug-likeness (QED) is 0.842. The Kier molecular flexibility index (Phi) is 4.45. The van der Waals surface area contributed by atoms with E-state index in [4.69, 9.17) is 4.74 Å². The topological polar surface area (TPSA) is 42.4 Å². The predicted molar refractivity (Wildman–Crippen MR) is 82.7 cm³/mol. The molecule has 0 bridgehead atoms. The third-order valence-electron chi connectivity index (χ3n) is 4.35. The van der Waals surface area contributed by atoms with Crippen molar-refractivity contribution in [3.63, 3.8) is 0 Å². The van der Waals surface area contributed by atoms with Gasteiger partial charge >= 0.3 is 6.18 Å². The number of rotatable bonds is 2. The van der Waals surface area contributed by atoms with Crippen molar-refractivity contribution >= 4 is 16.8 Å². The highest BCUT2D eigenvalue weighted by Gasteiger charge is 2.39. The number of aromatic nitrogens is 1. The highest BCUT2D eigenvalue weighted by Crippen LogP contribution is 2.37. The molecule has 2 heterocycles. The second-order valence-corrected chi connectivity index (χ2v) is 5.79. The summed E-state index contributed by atoms with van der Waals surface area (Å²) in [5.41, 5.74) is -1.08. The van der Waals surface area contributed by atoms with Crippen LogP contribution in [0.1, 0.15) is 28.8 Å². The third kappa shape index (κ3) is 3.08. The lowest BCUT2D eigenvalue weighted by molar-refractivity contribution is -0.136. The molecule has 1 amide bonds. The number of amides is 1. The number of likely N-dealkylation sites (tertiary alicyclic amines) is 1. The fourth-order valence-electron chi connectivity index (χ4n) is 3.07. The van der Waals surface area contributed by atoms with E-state index in [1.165, 1.54) is 23.1 Å². The van der Waals surface area contributed by atoms with Crippen LogP contribution in [0.5, 0.6) is 0 Å². The zero-order valence-corrected chi connectivity index (χ0v) is 13.1. The normalized spacial score (nSPS) is 16.6. The molecule has 1 fully saturated rings. The number of hydrogen-bond acceptors (Lipinski definition) is 3. The van der Waals surface area contributed by atoms with Gasteiger partial charge in [-0.15, -0.1) is 0 Å².